The zero-order chi connectivity index (χ0) is 14.0. The summed E-state index contributed by atoms with van der Waals surface area (Å²) in [5.74, 6) is 0. The minimum absolute atomic E-state index is 0.258. The number of nitrogens with two attached hydrogens (primary N) is 1. The molecule has 0 fully saturated rings. The van der Waals surface area contributed by atoms with E-state index in [2.05, 4.69) is 25.9 Å². The van der Waals surface area contributed by atoms with E-state index in [-0.39, 0.29) is 6.04 Å². The molecule has 0 radical (unpaired) electrons. The fraction of sp³-hybridized carbons (Fsp3) is 0.417. The average molecular weight is 364 g/mol. The highest BCUT2D eigenvalue weighted by molar-refractivity contribution is 9.10. The van der Waals surface area contributed by atoms with Crippen molar-refractivity contribution in [3.05, 3.63) is 37.7 Å². The van der Waals surface area contributed by atoms with Crippen molar-refractivity contribution in [3.8, 4) is 0 Å². The maximum atomic E-state index is 6.34. The molecule has 0 spiro atoms. The van der Waals surface area contributed by atoms with Gasteiger partial charge >= 0.3 is 0 Å². The summed E-state index contributed by atoms with van der Waals surface area (Å²) in [6.07, 6.45) is 1.78. The standard InChI is InChI=1S/C12H16BrClN4S/c1-17(2)4-5-18-11(8(13)7-16-18)10(15)12-9(14)3-6-19-12/h3,6-7,10H,4-5,15H2,1-2H3. The molecule has 2 aromatic rings. The van der Waals surface area contributed by atoms with Crippen LogP contribution >= 0.6 is 38.9 Å². The van der Waals surface area contributed by atoms with Crippen molar-refractivity contribution in [3.63, 3.8) is 0 Å². The van der Waals surface area contributed by atoms with Crippen molar-refractivity contribution in [2.24, 2.45) is 5.73 Å². The van der Waals surface area contributed by atoms with Crippen molar-refractivity contribution in [1.29, 1.82) is 0 Å². The molecular weight excluding hydrogens is 348 g/mol. The first-order valence-corrected chi connectivity index (χ1v) is 7.90. The quantitative estimate of drug-likeness (QED) is 0.888. The lowest BCUT2D eigenvalue weighted by Gasteiger charge is -2.16. The molecule has 4 nitrogen and oxygen atoms in total. The van der Waals surface area contributed by atoms with Crippen LogP contribution in [0.4, 0.5) is 0 Å². The SMILES string of the molecule is CN(C)CCn1ncc(Br)c1C(N)c1sccc1Cl. The van der Waals surface area contributed by atoms with Crippen molar-refractivity contribution >= 4 is 38.9 Å². The van der Waals surface area contributed by atoms with Gasteiger partial charge in [0.15, 0.2) is 0 Å². The number of rotatable bonds is 5. The average Bonchev–Trinajstić information content (AvgIpc) is 2.92. The van der Waals surface area contributed by atoms with E-state index >= 15 is 0 Å². The van der Waals surface area contributed by atoms with Gasteiger partial charge in [-0.25, -0.2) is 0 Å². The van der Waals surface area contributed by atoms with Gasteiger partial charge in [-0.05, 0) is 41.5 Å². The van der Waals surface area contributed by atoms with Crippen LogP contribution < -0.4 is 5.73 Å². The van der Waals surface area contributed by atoms with E-state index in [1.54, 1.807) is 17.5 Å². The molecule has 2 rings (SSSR count). The van der Waals surface area contributed by atoms with Gasteiger partial charge < -0.3 is 10.6 Å². The predicted molar refractivity (Wildman–Crippen MR) is 83.8 cm³/mol. The fourth-order valence-corrected chi connectivity index (χ4v) is 3.53. The Balaban J connectivity index is 2.28. The Hall–Kier alpha value is -0.400. The van der Waals surface area contributed by atoms with Crippen LogP contribution in [0.3, 0.4) is 0 Å². The smallest absolute Gasteiger partial charge is 0.0843 e. The van der Waals surface area contributed by atoms with Gasteiger partial charge in [0, 0.05) is 11.4 Å². The molecule has 1 unspecified atom stereocenters. The molecule has 0 aliphatic heterocycles. The van der Waals surface area contributed by atoms with E-state index in [1.165, 1.54) is 0 Å². The lowest BCUT2D eigenvalue weighted by atomic mass is 10.2. The van der Waals surface area contributed by atoms with Crippen LogP contribution in [0.15, 0.2) is 22.1 Å². The third-order valence-electron chi connectivity index (χ3n) is 2.81. The molecule has 0 aliphatic rings. The van der Waals surface area contributed by atoms with Crippen LogP contribution in [-0.4, -0.2) is 35.3 Å². The number of aromatic nitrogens is 2. The Labute approximate surface area is 130 Å². The van der Waals surface area contributed by atoms with Gasteiger partial charge in [-0.15, -0.1) is 11.3 Å². The number of likely N-dealkylation sites (N-methyl/N-ethyl adjacent to an activating group) is 1. The van der Waals surface area contributed by atoms with E-state index in [1.807, 2.05) is 30.2 Å². The lowest BCUT2D eigenvalue weighted by molar-refractivity contribution is 0.368. The summed E-state index contributed by atoms with van der Waals surface area (Å²) in [6, 6.07) is 1.61. The molecule has 0 saturated heterocycles. The molecule has 2 aromatic heterocycles. The fourth-order valence-electron chi connectivity index (χ4n) is 1.81. The van der Waals surface area contributed by atoms with Crippen LogP contribution in [0, 0.1) is 0 Å². The topological polar surface area (TPSA) is 47.1 Å². The van der Waals surface area contributed by atoms with Crippen LogP contribution in [0.2, 0.25) is 5.02 Å². The molecule has 104 valence electrons. The van der Waals surface area contributed by atoms with Gasteiger partial charge in [0.25, 0.3) is 0 Å². The van der Waals surface area contributed by atoms with Gasteiger partial charge in [0.2, 0.25) is 0 Å². The van der Waals surface area contributed by atoms with Gasteiger partial charge in [-0.1, -0.05) is 11.6 Å². The van der Waals surface area contributed by atoms with Crippen LogP contribution in [0.5, 0.6) is 0 Å². The Morgan fingerprint density at radius 1 is 1.58 bits per heavy atom. The predicted octanol–water partition coefficient (Wildman–Crippen LogP) is 2.97. The number of nitrogens with zero attached hydrogens (tertiary/aromatic N) is 3. The van der Waals surface area contributed by atoms with E-state index in [9.17, 15) is 0 Å². The van der Waals surface area contributed by atoms with Gasteiger partial charge in [-0.2, -0.15) is 5.10 Å². The Morgan fingerprint density at radius 2 is 2.32 bits per heavy atom. The third kappa shape index (κ3) is 3.38. The molecule has 1 atom stereocenters. The first-order chi connectivity index (χ1) is 9.00. The number of thiophene rings is 1. The van der Waals surface area contributed by atoms with E-state index in [0.717, 1.165) is 28.1 Å². The molecule has 2 N–H and O–H groups in total. The van der Waals surface area contributed by atoms with Crippen LogP contribution in [-0.2, 0) is 6.54 Å². The summed E-state index contributed by atoms with van der Waals surface area (Å²) >= 11 is 11.2. The molecule has 0 bridgehead atoms. The number of halogens is 2. The summed E-state index contributed by atoms with van der Waals surface area (Å²) in [6.45, 7) is 1.71. The second kappa shape index (κ2) is 6.37. The number of hydrogen-bond donors (Lipinski definition) is 1. The molecule has 0 aliphatic carbocycles. The summed E-state index contributed by atoms with van der Waals surface area (Å²) in [7, 11) is 4.07. The normalized spacial score (nSPS) is 13.2. The first-order valence-electron chi connectivity index (χ1n) is 5.85. The zero-order valence-electron chi connectivity index (χ0n) is 10.8. The molecule has 7 heteroatoms. The molecule has 0 amide bonds. The summed E-state index contributed by atoms with van der Waals surface area (Å²) in [4.78, 5) is 3.08. The minimum Gasteiger partial charge on any atom is -0.318 e. The van der Waals surface area contributed by atoms with E-state index in [0.29, 0.717) is 5.02 Å². The van der Waals surface area contributed by atoms with Crippen molar-refractivity contribution in [1.82, 2.24) is 14.7 Å². The monoisotopic (exact) mass is 362 g/mol. The Bertz CT molecular complexity index is 552. The maximum absolute atomic E-state index is 6.34. The number of hydrogen-bond acceptors (Lipinski definition) is 4. The highest BCUT2D eigenvalue weighted by atomic mass is 79.9. The summed E-state index contributed by atoms with van der Waals surface area (Å²) in [5.41, 5.74) is 7.30. The summed E-state index contributed by atoms with van der Waals surface area (Å²) < 4.78 is 2.85. The molecule has 0 saturated carbocycles. The van der Waals surface area contributed by atoms with Crippen LogP contribution in [0.25, 0.3) is 0 Å². The lowest BCUT2D eigenvalue weighted by Crippen LogP contribution is -2.23. The van der Waals surface area contributed by atoms with E-state index < -0.39 is 0 Å². The molecule has 19 heavy (non-hydrogen) atoms. The maximum Gasteiger partial charge on any atom is 0.0843 e. The second-order valence-electron chi connectivity index (χ2n) is 4.51. The largest absolute Gasteiger partial charge is 0.318 e. The Kier molecular flexibility index (Phi) is 5.03. The highest BCUT2D eigenvalue weighted by Gasteiger charge is 2.21. The van der Waals surface area contributed by atoms with Gasteiger partial charge in [-0.3, -0.25) is 4.68 Å². The Morgan fingerprint density at radius 3 is 2.89 bits per heavy atom. The van der Waals surface area contributed by atoms with Crippen molar-refractivity contribution in [2.75, 3.05) is 20.6 Å². The zero-order valence-corrected chi connectivity index (χ0v) is 14.0. The highest BCUT2D eigenvalue weighted by Crippen LogP contribution is 2.34. The van der Waals surface area contributed by atoms with E-state index in [4.69, 9.17) is 17.3 Å². The molecule has 2 heterocycles. The van der Waals surface area contributed by atoms with Crippen molar-refractivity contribution in [2.45, 2.75) is 12.6 Å². The molecular formula is C12H16BrClN4S. The van der Waals surface area contributed by atoms with Gasteiger partial charge in [0.1, 0.15) is 0 Å². The first kappa shape index (κ1) is 15.0. The molecule has 0 aromatic carbocycles. The third-order valence-corrected chi connectivity index (χ3v) is 4.87. The van der Waals surface area contributed by atoms with Crippen LogP contribution in [0.1, 0.15) is 16.6 Å². The minimum atomic E-state index is -0.258. The second-order valence-corrected chi connectivity index (χ2v) is 6.72. The van der Waals surface area contributed by atoms with Crippen molar-refractivity contribution < 1.29 is 0 Å². The van der Waals surface area contributed by atoms with Gasteiger partial charge in [0.05, 0.1) is 34.0 Å². The summed E-state index contributed by atoms with van der Waals surface area (Å²) in [5, 5.41) is 7.04.